The van der Waals surface area contributed by atoms with Crippen molar-refractivity contribution in [2.75, 3.05) is 4.90 Å². The summed E-state index contributed by atoms with van der Waals surface area (Å²) >= 11 is 0. The van der Waals surface area contributed by atoms with E-state index in [0.29, 0.717) is 0 Å². The summed E-state index contributed by atoms with van der Waals surface area (Å²) in [6.45, 7) is 4.73. The van der Waals surface area contributed by atoms with Crippen LogP contribution in [0.3, 0.4) is 0 Å². The normalized spacial score (nSPS) is 12.7. The van der Waals surface area contributed by atoms with Crippen molar-refractivity contribution in [3.63, 3.8) is 0 Å². The molecule has 0 N–H and O–H groups in total. The Morgan fingerprint density at radius 2 is 0.864 bits per heavy atom. The smallest absolute Gasteiger partial charge is 0.0541 e. The summed E-state index contributed by atoms with van der Waals surface area (Å²) in [4.78, 5) is 2.48. The van der Waals surface area contributed by atoms with Crippen molar-refractivity contribution in [2.45, 2.75) is 19.3 Å². The topological polar surface area (TPSA) is 8.17 Å². The van der Waals surface area contributed by atoms with Crippen LogP contribution >= 0.6 is 0 Å². The van der Waals surface area contributed by atoms with Gasteiger partial charge in [0.2, 0.25) is 0 Å². The molecule has 0 spiro atoms. The van der Waals surface area contributed by atoms with Gasteiger partial charge in [0, 0.05) is 38.8 Å². The van der Waals surface area contributed by atoms with E-state index in [1.807, 2.05) is 0 Å². The molecule has 0 amide bonds. The first-order valence-corrected chi connectivity index (χ1v) is 20.5. The standard InChI is InChI=1S/C57H42N2/c1-57(2)52-31-14-10-27-47(52)48-36-35-42(38-53(48)57)58(40-21-18-22-41(37-40)59-55-33-16-12-29-50(55)51-30-13-17-34-56(51)59)54-32-15-11-28-49(54)46-26-9-8-25-45(46)44-24-7-6-23-43(44)39-19-4-3-5-20-39/h3-38H,1-2H3. The second-order valence-corrected chi connectivity index (χ2v) is 16.1. The molecule has 59 heavy (non-hydrogen) atoms. The van der Waals surface area contributed by atoms with E-state index in [1.54, 1.807) is 0 Å². The molecule has 1 aliphatic carbocycles. The number of hydrogen-bond donors (Lipinski definition) is 0. The lowest BCUT2D eigenvalue weighted by Gasteiger charge is -2.30. The van der Waals surface area contributed by atoms with Crippen molar-refractivity contribution in [1.29, 1.82) is 0 Å². The van der Waals surface area contributed by atoms with E-state index in [2.05, 4.69) is 242 Å². The molecule has 2 heteroatoms. The molecule has 10 aromatic rings. The summed E-state index contributed by atoms with van der Waals surface area (Å²) < 4.78 is 2.41. The van der Waals surface area contributed by atoms with Crippen molar-refractivity contribution < 1.29 is 0 Å². The van der Waals surface area contributed by atoms with Crippen LogP contribution in [-0.4, -0.2) is 4.57 Å². The summed E-state index contributed by atoms with van der Waals surface area (Å²) in [6.07, 6.45) is 0. The summed E-state index contributed by atoms with van der Waals surface area (Å²) in [5.41, 5.74) is 19.2. The molecule has 0 aliphatic heterocycles. The van der Waals surface area contributed by atoms with Gasteiger partial charge in [0.15, 0.2) is 0 Å². The SMILES string of the molecule is CC1(C)c2ccccc2-c2ccc(N(c3cccc(-n4c5ccccc5c5ccccc54)c3)c3ccccc3-c3ccccc3-c3ccccc3-c3ccccc3)cc21. The van der Waals surface area contributed by atoms with Crippen molar-refractivity contribution in [1.82, 2.24) is 4.57 Å². The van der Waals surface area contributed by atoms with E-state index in [-0.39, 0.29) is 5.41 Å². The zero-order valence-electron chi connectivity index (χ0n) is 33.2. The average molecular weight is 755 g/mol. The number of para-hydroxylation sites is 3. The van der Waals surface area contributed by atoms with E-state index in [0.717, 1.165) is 28.3 Å². The molecule has 0 fully saturated rings. The lowest BCUT2D eigenvalue weighted by Crippen LogP contribution is -2.17. The summed E-state index contributed by atoms with van der Waals surface area (Å²) in [6, 6.07) is 79.9. The van der Waals surface area contributed by atoms with Crippen LogP contribution in [0.1, 0.15) is 25.0 Å². The van der Waals surface area contributed by atoms with Gasteiger partial charge in [-0.3, -0.25) is 0 Å². The highest BCUT2D eigenvalue weighted by molar-refractivity contribution is 6.09. The van der Waals surface area contributed by atoms with E-state index in [9.17, 15) is 0 Å². The maximum absolute atomic E-state index is 2.48. The Labute approximate surface area is 345 Å². The Hall–Kier alpha value is -7.42. The van der Waals surface area contributed by atoms with Crippen LogP contribution in [-0.2, 0) is 5.41 Å². The molecule has 0 radical (unpaired) electrons. The third-order valence-electron chi connectivity index (χ3n) is 12.4. The van der Waals surface area contributed by atoms with E-state index >= 15 is 0 Å². The lowest BCUT2D eigenvalue weighted by molar-refractivity contribution is 0.660. The molecule has 9 aromatic carbocycles. The van der Waals surface area contributed by atoms with Gasteiger partial charge in [0.25, 0.3) is 0 Å². The zero-order valence-corrected chi connectivity index (χ0v) is 33.2. The minimum Gasteiger partial charge on any atom is -0.310 e. The molecule has 1 aliphatic rings. The predicted molar refractivity (Wildman–Crippen MR) is 249 cm³/mol. The lowest BCUT2D eigenvalue weighted by atomic mass is 9.82. The molecule has 1 aromatic heterocycles. The Bertz CT molecular complexity index is 3150. The van der Waals surface area contributed by atoms with Crippen LogP contribution in [0.4, 0.5) is 17.1 Å². The molecular formula is C57H42N2. The van der Waals surface area contributed by atoms with Gasteiger partial charge in [-0.05, 0) is 98.6 Å². The van der Waals surface area contributed by atoms with Crippen molar-refractivity contribution in [3.8, 4) is 50.2 Å². The molecule has 11 rings (SSSR count). The fraction of sp³-hybridized carbons (Fsp3) is 0.0526. The minimum absolute atomic E-state index is 0.147. The highest BCUT2D eigenvalue weighted by atomic mass is 15.1. The fourth-order valence-electron chi connectivity index (χ4n) is 9.67. The summed E-state index contributed by atoms with van der Waals surface area (Å²) in [5.74, 6) is 0. The predicted octanol–water partition coefficient (Wildman–Crippen LogP) is 15.6. The number of hydrogen-bond acceptors (Lipinski definition) is 1. The third kappa shape index (κ3) is 5.63. The van der Waals surface area contributed by atoms with E-state index < -0.39 is 0 Å². The highest BCUT2D eigenvalue weighted by Gasteiger charge is 2.36. The third-order valence-corrected chi connectivity index (χ3v) is 12.4. The number of aromatic nitrogens is 1. The molecule has 0 saturated heterocycles. The molecule has 2 nitrogen and oxygen atoms in total. The molecule has 0 unspecified atom stereocenters. The zero-order chi connectivity index (χ0) is 39.5. The van der Waals surface area contributed by atoms with Crippen LogP contribution in [0.5, 0.6) is 0 Å². The number of fused-ring (bicyclic) bond motifs is 6. The van der Waals surface area contributed by atoms with Gasteiger partial charge >= 0.3 is 0 Å². The Morgan fingerprint density at radius 1 is 0.356 bits per heavy atom. The van der Waals surface area contributed by atoms with Crippen LogP contribution in [0.25, 0.3) is 72.0 Å². The van der Waals surface area contributed by atoms with Crippen LogP contribution in [0.2, 0.25) is 0 Å². The first kappa shape index (κ1) is 34.8. The molecule has 1 heterocycles. The van der Waals surface area contributed by atoms with Gasteiger partial charge in [-0.25, -0.2) is 0 Å². The number of rotatable bonds is 7. The quantitative estimate of drug-likeness (QED) is 0.157. The van der Waals surface area contributed by atoms with Crippen LogP contribution < -0.4 is 4.90 Å². The van der Waals surface area contributed by atoms with Gasteiger partial charge in [-0.15, -0.1) is 0 Å². The minimum atomic E-state index is -0.147. The van der Waals surface area contributed by atoms with Crippen LogP contribution in [0, 0.1) is 0 Å². The number of nitrogens with zero attached hydrogens (tertiary/aromatic N) is 2. The molecule has 0 atom stereocenters. The fourth-order valence-corrected chi connectivity index (χ4v) is 9.67. The van der Waals surface area contributed by atoms with E-state index in [1.165, 1.54) is 71.9 Å². The van der Waals surface area contributed by atoms with Gasteiger partial charge in [0.1, 0.15) is 0 Å². The second kappa shape index (κ2) is 13.9. The Morgan fingerprint density at radius 3 is 1.58 bits per heavy atom. The van der Waals surface area contributed by atoms with Gasteiger partial charge in [-0.1, -0.05) is 184 Å². The van der Waals surface area contributed by atoms with Crippen molar-refractivity contribution >= 4 is 38.9 Å². The van der Waals surface area contributed by atoms with Gasteiger partial charge in [-0.2, -0.15) is 0 Å². The highest BCUT2D eigenvalue weighted by Crippen LogP contribution is 2.52. The molecule has 0 bridgehead atoms. The van der Waals surface area contributed by atoms with Gasteiger partial charge < -0.3 is 9.47 Å². The summed E-state index contributed by atoms with van der Waals surface area (Å²) in [5, 5.41) is 2.51. The summed E-state index contributed by atoms with van der Waals surface area (Å²) in [7, 11) is 0. The largest absolute Gasteiger partial charge is 0.310 e. The first-order chi connectivity index (χ1) is 29.1. The maximum atomic E-state index is 2.48. The Kier molecular flexibility index (Phi) is 8.20. The molecular weight excluding hydrogens is 713 g/mol. The maximum Gasteiger partial charge on any atom is 0.0541 e. The van der Waals surface area contributed by atoms with Crippen molar-refractivity contribution in [2.24, 2.45) is 0 Å². The number of benzene rings is 9. The van der Waals surface area contributed by atoms with Crippen LogP contribution in [0.15, 0.2) is 218 Å². The Balaban J connectivity index is 1.15. The number of anilines is 3. The molecule has 0 saturated carbocycles. The monoisotopic (exact) mass is 754 g/mol. The molecule has 280 valence electrons. The van der Waals surface area contributed by atoms with Gasteiger partial charge in [0.05, 0.1) is 16.7 Å². The first-order valence-electron chi connectivity index (χ1n) is 20.5. The van der Waals surface area contributed by atoms with Crippen molar-refractivity contribution in [3.05, 3.63) is 230 Å². The van der Waals surface area contributed by atoms with E-state index in [4.69, 9.17) is 0 Å². The average Bonchev–Trinajstić information content (AvgIpc) is 3.75. The second-order valence-electron chi connectivity index (χ2n) is 16.1.